The molecular formula is C11H21N5OS. The van der Waals surface area contributed by atoms with E-state index in [2.05, 4.69) is 27.6 Å². The molecule has 0 saturated heterocycles. The number of ether oxygens (including phenoxy) is 1. The molecule has 102 valence electrons. The Morgan fingerprint density at radius 3 is 2.94 bits per heavy atom. The van der Waals surface area contributed by atoms with Crippen molar-refractivity contribution in [1.29, 1.82) is 0 Å². The number of nitrogens with zero attached hydrogens (tertiary/aromatic N) is 2. The molecule has 0 radical (unpaired) electrons. The third kappa shape index (κ3) is 4.59. The number of hydrazine groups is 1. The third-order valence-electron chi connectivity index (χ3n) is 2.34. The van der Waals surface area contributed by atoms with Crippen molar-refractivity contribution in [3.8, 4) is 0 Å². The summed E-state index contributed by atoms with van der Waals surface area (Å²) in [5.74, 6) is 6.03. The van der Waals surface area contributed by atoms with Gasteiger partial charge in [-0.3, -0.25) is 5.43 Å². The number of methoxy groups -OCH3 is 1. The lowest BCUT2D eigenvalue weighted by Gasteiger charge is -2.17. The van der Waals surface area contributed by atoms with Crippen LogP contribution in [-0.2, 0) is 4.74 Å². The van der Waals surface area contributed by atoms with Gasteiger partial charge in [0.1, 0.15) is 11.0 Å². The zero-order valence-electron chi connectivity index (χ0n) is 11.0. The van der Waals surface area contributed by atoms with Crippen molar-refractivity contribution in [2.45, 2.75) is 32.4 Å². The molecule has 1 rings (SSSR count). The summed E-state index contributed by atoms with van der Waals surface area (Å²) >= 11 is 1.60. The van der Waals surface area contributed by atoms with Crippen LogP contribution in [0.5, 0.6) is 0 Å². The second-order valence-corrected chi connectivity index (χ2v) is 4.84. The highest BCUT2D eigenvalue weighted by Crippen LogP contribution is 2.22. The topological polar surface area (TPSA) is 84.6 Å². The van der Waals surface area contributed by atoms with Gasteiger partial charge in [0.05, 0.1) is 6.61 Å². The Morgan fingerprint density at radius 2 is 2.44 bits per heavy atom. The van der Waals surface area contributed by atoms with Gasteiger partial charge >= 0.3 is 0 Å². The maximum Gasteiger partial charge on any atom is 0.206 e. The molecule has 0 spiro atoms. The zero-order valence-corrected chi connectivity index (χ0v) is 11.8. The largest absolute Gasteiger partial charge is 0.383 e. The summed E-state index contributed by atoms with van der Waals surface area (Å²) in [6.07, 6.45) is 2.66. The zero-order chi connectivity index (χ0) is 13.4. The maximum absolute atomic E-state index is 5.47. The van der Waals surface area contributed by atoms with Crippen molar-refractivity contribution < 1.29 is 4.74 Å². The number of aliphatic imine (C=N–C) groups is 1. The smallest absolute Gasteiger partial charge is 0.206 e. The van der Waals surface area contributed by atoms with Gasteiger partial charge in [-0.25, -0.2) is 15.8 Å². The van der Waals surface area contributed by atoms with E-state index in [0.717, 1.165) is 11.4 Å². The van der Waals surface area contributed by atoms with Gasteiger partial charge in [0.25, 0.3) is 0 Å². The molecule has 0 aliphatic heterocycles. The molecule has 1 aromatic heterocycles. The molecule has 7 heteroatoms. The molecule has 18 heavy (non-hydrogen) atoms. The fourth-order valence-corrected chi connectivity index (χ4v) is 2.28. The summed E-state index contributed by atoms with van der Waals surface area (Å²) in [7, 11) is 1.66. The fourth-order valence-electron chi connectivity index (χ4n) is 1.52. The number of thiazole rings is 1. The minimum absolute atomic E-state index is 0.0262. The lowest BCUT2D eigenvalue weighted by Crippen LogP contribution is -2.47. The van der Waals surface area contributed by atoms with Gasteiger partial charge in [-0.15, -0.1) is 11.3 Å². The van der Waals surface area contributed by atoms with Gasteiger partial charge in [-0.05, 0) is 13.3 Å². The van der Waals surface area contributed by atoms with Crippen LogP contribution in [0.3, 0.4) is 0 Å². The highest BCUT2D eigenvalue weighted by molar-refractivity contribution is 7.09. The van der Waals surface area contributed by atoms with Crippen molar-refractivity contribution in [1.82, 2.24) is 15.7 Å². The first kappa shape index (κ1) is 14.9. The normalized spacial score (nSPS) is 15.2. The Morgan fingerprint density at radius 1 is 1.67 bits per heavy atom. The number of hydrogen-bond acceptors (Lipinski definition) is 5. The lowest BCUT2D eigenvalue weighted by molar-refractivity contribution is 0.179. The van der Waals surface area contributed by atoms with Crippen molar-refractivity contribution in [3.05, 3.63) is 16.6 Å². The fraction of sp³-hybridized carbons (Fsp3) is 0.636. The number of nitrogens with two attached hydrogens (primary N) is 1. The molecule has 4 N–H and O–H groups in total. The minimum Gasteiger partial charge on any atom is -0.383 e. The Balaban J connectivity index is 2.69. The predicted molar refractivity (Wildman–Crippen MR) is 74.4 cm³/mol. The van der Waals surface area contributed by atoms with Crippen LogP contribution < -0.4 is 16.6 Å². The first-order chi connectivity index (χ1) is 8.71. The highest BCUT2D eigenvalue weighted by Gasteiger charge is 2.12. The molecule has 2 unspecified atom stereocenters. The van der Waals surface area contributed by atoms with Crippen molar-refractivity contribution >= 4 is 17.3 Å². The van der Waals surface area contributed by atoms with Crippen LogP contribution in [-0.4, -0.2) is 30.7 Å². The monoisotopic (exact) mass is 271 g/mol. The second kappa shape index (κ2) is 8.02. The number of nitrogens with one attached hydrogen (secondary N) is 2. The van der Waals surface area contributed by atoms with Gasteiger partial charge in [-0.1, -0.05) is 6.92 Å². The van der Waals surface area contributed by atoms with Crippen LogP contribution >= 0.6 is 11.3 Å². The SMILES string of the molecule is CCC(N=C(NN)NC(C)COC)c1nccs1. The van der Waals surface area contributed by atoms with Gasteiger partial charge in [-0.2, -0.15) is 0 Å². The van der Waals surface area contributed by atoms with Gasteiger partial charge < -0.3 is 10.1 Å². The lowest BCUT2D eigenvalue weighted by atomic mass is 10.2. The van der Waals surface area contributed by atoms with E-state index in [1.165, 1.54) is 0 Å². The number of rotatable bonds is 6. The summed E-state index contributed by atoms with van der Waals surface area (Å²) in [4.78, 5) is 8.82. The van der Waals surface area contributed by atoms with Gasteiger partial charge in [0, 0.05) is 24.7 Å². The second-order valence-electron chi connectivity index (χ2n) is 3.92. The third-order valence-corrected chi connectivity index (χ3v) is 3.22. The van der Waals surface area contributed by atoms with E-state index in [1.807, 2.05) is 12.3 Å². The number of guanidine groups is 1. The molecular weight excluding hydrogens is 250 g/mol. The minimum atomic E-state index is 0.0262. The van der Waals surface area contributed by atoms with Crippen molar-refractivity contribution in [2.24, 2.45) is 10.8 Å². The van der Waals surface area contributed by atoms with E-state index < -0.39 is 0 Å². The molecule has 0 fully saturated rings. The van der Waals surface area contributed by atoms with Crippen LogP contribution in [0.4, 0.5) is 0 Å². The molecule has 0 aliphatic rings. The predicted octanol–water partition coefficient (Wildman–Crippen LogP) is 1.04. The number of aromatic nitrogens is 1. The van der Waals surface area contributed by atoms with Crippen LogP contribution in [0, 0.1) is 0 Å². The van der Waals surface area contributed by atoms with E-state index >= 15 is 0 Å². The summed E-state index contributed by atoms with van der Waals surface area (Å²) in [5, 5.41) is 6.10. The molecule has 0 aromatic carbocycles. The first-order valence-corrected chi connectivity index (χ1v) is 6.78. The first-order valence-electron chi connectivity index (χ1n) is 5.90. The van der Waals surface area contributed by atoms with Crippen LogP contribution in [0.25, 0.3) is 0 Å². The van der Waals surface area contributed by atoms with Crippen LogP contribution in [0.15, 0.2) is 16.6 Å². The van der Waals surface area contributed by atoms with Gasteiger partial charge in [0.2, 0.25) is 5.96 Å². The molecule has 0 saturated carbocycles. The van der Waals surface area contributed by atoms with E-state index in [4.69, 9.17) is 10.6 Å². The van der Waals surface area contributed by atoms with E-state index in [1.54, 1.807) is 24.6 Å². The highest BCUT2D eigenvalue weighted by atomic mass is 32.1. The standard InChI is InChI=1S/C11H21N5OS/c1-4-9(10-13-5-6-18-10)15-11(16-12)14-8(2)7-17-3/h5-6,8-9H,4,7,12H2,1-3H3,(H2,14,15,16). The summed E-state index contributed by atoms with van der Waals surface area (Å²) < 4.78 is 5.06. The van der Waals surface area contributed by atoms with Gasteiger partial charge in [0.15, 0.2) is 0 Å². The Hall–Kier alpha value is -1.18. The van der Waals surface area contributed by atoms with Crippen LogP contribution in [0.2, 0.25) is 0 Å². The Labute approximate surface area is 112 Å². The molecule has 0 aliphatic carbocycles. The van der Waals surface area contributed by atoms with E-state index in [0.29, 0.717) is 12.6 Å². The molecule has 0 amide bonds. The molecule has 0 bridgehead atoms. The van der Waals surface area contributed by atoms with Crippen molar-refractivity contribution in [3.63, 3.8) is 0 Å². The van der Waals surface area contributed by atoms with E-state index in [-0.39, 0.29) is 12.1 Å². The molecule has 1 aromatic rings. The average Bonchev–Trinajstić information content (AvgIpc) is 2.88. The van der Waals surface area contributed by atoms with Crippen LogP contribution in [0.1, 0.15) is 31.3 Å². The molecule has 2 atom stereocenters. The number of hydrogen-bond donors (Lipinski definition) is 3. The van der Waals surface area contributed by atoms with E-state index in [9.17, 15) is 0 Å². The summed E-state index contributed by atoms with van der Waals surface area (Å²) in [5.41, 5.74) is 2.58. The molecule has 1 heterocycles. The quantitative estimate of drug-likeness (QED) is 0.311. The Kier molecular flexibility index (Phi) is 6.63. The molecule has 6 nitrogen and oxygen atoms in total. The Bertz CT molecular complexity index is 354. The average molecular weight is 271 g/mol. The maximum atomic E-state index is 5.47. The summed E-state index contributed by atoms with van der Waals surface area (Å²) in [6, 6.07) is 0.164. The summed E-state index contributed by atoms with van der Waals surface area (Å²) in [6.45, 7) is 4.66. The van der Waals surface area contributed by atoms with Crippen molar-refractivity contribution in [2.75, 3.05) is 13.7 Å².